The molecule has 0 atom stereocenters. The number of nitriles is 2. The smallest absolute Gasteiger partial charge is 0.270 e. The minimum Gasteiger partial charge on any atom is -0.371 e. The summed E-state index contributed by atoms with van der Waals surface area (Å²) in [4.78, 5) is 27.6. The van der Waals surface area contributed by atoms with Crippen molar-refractivity contribution < 1.29 is 4.79 Å². The molecule has 4 rings (SSSR count). The quantitative estimate of drug-likeness (QED) is 0.457. The molecular weight excluding hydrogens is 472 g/mol. The zero-order chi connectivity index (χ0) is 25.5. The SMILES string of the molecule is CCn1c(=O)/c(=C\Nc2cccc(CCN3CCc4ccccc43)c2)s/c1=C(/C#N)C(=O)NCC#N. The fourth-order valence-corrected chi connectivity index (χ4v) is 5.35. The van der Waals surface area contributed by atoms with Gasteiger partial charge >= 0.3 is 0 Å². The molecule has 2 heterocycles. The van der Waals surface area contributed by atoms with Gasteiger partial charge < -0.3 is 15.5 Å². The van der Waals surface area contributed by atoms with Crippen molar-refractivity contribution in [3.05, 3.63) is 79.2 Å². The molecule has 1 aliphatic heterocycles. The molecule has 36 heavy (non-hydrogen) atoms. The summed E-state index contributed by atoms with van der Waals surface area (Å²) in [5.74, 6) is -0.671. The fourth-order valence-electron chi connectivity index (χ4n) is 4.26. The second-order valence-corrected chi connectivity index (χ2v) is 9.28. The number of amides is 1. The third kappa shape index (κ3) is 5.32. The standard InChI is InChI=1S/C27H26N6O2S/c1-2-33-26(35)24(36-27(33)22(17-29)25(34)30-13-12-28)18-31-21-8-5-6-19(16-21)10-14-32-15-11-20-7-3-4-9-23(20)32/h3-9,16,18,31H,2,10-11,13-15H2,1H3,(H,30,34)/b24-18+,27-22-. The zero-order valence-electron chi connectivity index (χ0n) is 20.0. The molecule has 0 bridgehead atoms. The number of benzene rings is 2. The Kier molecular flexibility index (Phi) is 7.84. The third-order valence-electron chi connectivity index (χ3n) is 6.06. The molecule has 0 aliphatic carbocycles. The summed E-state index contributed by atoms with van der Waals surface area (Å²) in [5, 5.41) is 23.8. The lowest BCUT2D eigenvalue weighted by Gasteiger charge is -2.19. The number of hydrogen-bond acceptors (Lipinski definition) is 7. The fraction of sp³-hybridized carbons (Fsp3) is 0.259. The van der Waals surface area contributed by atoms with E-state index >= 15 is 0 Å². The van der Waals surface area contributed by atoms with Crippen molar-refractivity contribution in [2.75, 3.05) is 29.9 Å². The number of nitrogens with zero attached hydrogens (tertiary/aromatic N) is 4. The van der Waals surface area contributed by atoms with Crippen LogP contribution < -0.4 is 30.3 Å². The Labute approximate surface area is 213 Å². The number of aromatic nitrogens is 1. The van der Waals surface area contributed by atoms with E-state index in [1.807, 2.05) is 24.3 Å². The average Bonchev–Trinajstić information content (AvgIpc) is 3.46. The molecule has 1 amide bonds. The summed E-state index contributed by atoms with van der Waals surface area (Å²) in [7, 11) is 0. The summed E-state index contributed by atoms with van der Waals surface area (Å²) < 4.78 is 2.05. The molecule has 8 nitrogen and oxygen atoms in total. The molecular formula is C27H26N6O2S. The van der Waals surface area contributed by atoms with Crippen molar-refractivity contribution >= 4 is 40.4 Å². The predicted molar refractivity (Wildman–Crippen MR) is 142 cm³/mol. The molecule has 1 aliphatic rings. The number of hydrogen-bond donors (Lipinski definition) is 2. The van der Waals surface area contributed by atoms with E-state index in [9.17, 15) is 14.9 Å². The van der Waals surface area contributed by atoms with Crippen molar-refractivity contribution in [1.29, 1.82) is 10.5 Å². The number of nitrogens with one attached hydrogen (secondary N) is 2. The van der Waals surface area contributed by atoms with Gasteiger partial charge in [0.25, 0.3) is 11.5 Å². The Hall–Kier alpha value is -4.34. The van der Waals surface area contributed by atoms with E-state index in [0.29, 0.717) is 11.1 Å². The second-order valence-electron chi connectivity index (χ2n) is 8.25. The van der Waals surface area contributed by atoms with Gasteiger partial charge in [0.05, 0.1) is 6.07 Å². The highest BCUT2D eigenvalue weighted by Gasteiger charge is 2.18. The topological polar surface area (TPSA) is 114 Å². The maximum absolute atomic E-state index is 12.9. The van der Waals surface area contributed by atoms with Crippen LogP contribution in [0.25, 0.3) is 11.8 Å². The van der Waals surface area contributed by atoms with E-state index in [1.165, 1.54) is 21.4 Å². The monoisotopic (exact) mass is 498 g/mol. The van der Waals surface area contributed by atoms with Crippen LogP contribution in [0.15, 0.2) is 53.3 Å². The van der Waals surface area contributed by atoms with Crippen LogP contribution in [0.5, 0.6) is 0 Å². The first-order valence-corrected chi connectivity index (χ1v) is 12.5. The highest BCUT2D eigenvalue weighted by Crippen LogP contribution is 2.27. The normalized spacial score (nSPS) is 13.5. The van der Waals surface area contributed by atoms with Gasteiger partial charge in [0, 0.05) is 37.2 Å². The first kappa shape index (κ1) is 24.8. The molecule has 1 aromatic heterocycles. The molecule has 0 saturated heterocycles. The lowest BCUT2D eigenvalue weighted by atomic mass is 10.1. The molecule has 0 spiro atoms. The van der Waals surface area contributed by atoms with Gasteiger partial charge in [-0.2, -0.15) is 10.5 Å². The lowest BCUT2D eigenvalue weighted by Crippen LogP contribution is -2.34. The van der Waals surface area contributed by atoms with E-state index < -0.39 is 5.91 Å². The second kappa shape index (κ2) is 11.4. The van der Waals surface area contributed by atoms with Crippen molar-refractivity contribution in [2.24, 2.45) is 0 Å². The molecule has 2 aromatic carbocycles. The van der Waals surface area contributed by atoms with E-state index in [1.54, 1.807) is 13.1 Å². The molecule has 0 fully saturated rings. The minimum atomic E-state index is -0.671. The van der Waals surface area contributed by atoms with Crippen LogP contribution in [0.3, 0.4) is 0 Å². The summed E-state index contributed by atoms with van der Waals surface area (Å²) in [5.41, 5.74) is 4.28. The number of anilines is 2. The molecule has 0 saturated carbocycles. The van der Waals surface area contributed by atoms with Crippen LogP contribution in [-0.4, -0.2) is 30.1 Å². The van der Waals surface area contributed by atoms with Gasteiger partial charge in [-0.25, -0.2) is 0 Å². The van der Waals surface area contributed by atoms with E-state index in [-0.39, 0.29) is 22.3 Å². The average molecular weight is 499 g/mol. The minimum absolute atomic E-state index is 0.181. The first-order chi connectivity index (χ1) is 17.5. The number of thiazole rings is 1. The molecule has 0 unspecified atom stereocenters. The van der Waals surface area contributed by atoms with Crippen LogP contribution in [0.4, 0.5) is 11.4 Å². The number of rotatable bonds is 8. The molecule has 9 heteroatoms. The third-order valence-corrected chi connectivity index (χ3v) is 7.19. The van der Waals surface area contributed by atoms with E-state index in [2.05, 4.69) is 51.9 Å². The number of fused-ring (bicyclic) bond motifs is 1. The van der Waals surface area contributed by atoms with Crippen molar-refractivity contribution in [1.82, 2.24) is 9.88 Å². The summed E-state index contributed by atoms with van der Waals surface area (Å²) in [6.45, 7) is 3.84. The van der Waals surface area contributed by atoms with Gasteiger partial charge in [0.1, 0.15) is 21.8 Å². The zero-order valence-corrected chi connectivity index (χ0v) is 20.8. The highest BCUT2D eigenvalue weighted by molar-refractivity contribution is 7.07. The summed E-state index contributed by atoms with van der Waals surface area (Å²) in [6.07, 6.45) is 3.59. The number of carbonyl (C=O) groups is 1. The van der Waals surface area contributed by atoms with Crippen molar-refractivity contribution in [3.63, 3.8) is 0 Å². The van der Waals surface area contributed by atoms with Crippen LogP contribution >= 0.6 is 11.3 Å². The maximum atomic E-state index is 12.9. The van der Waals surface area contributed by atoms with Gasteiger partial charge in [-0.05, 0) is 49.1 Å². The largest absolute Gasteiger partial charge is 0.371 e. The van der Waals surface area contributed by atoms with Crippen LogP contribution in [0, 0.1) is 22.7 Å². The Morgan fingerprint density at radius 3 is 2.81 bits per heavy atom. The van der Waals surface area contributed by atoms with Crippen LogP contribution in [0.2, 0.25) is 0 Å². The molecule has 182 valence electrons. The first-order valence-electron chi connectivity index (χ1n) is 11.7. The molecule has 2 N–H and O–H groups in total. The van der Waals surface area contributed by atoms with Gasteiger partial charge in [0.2, 0.25) is 0 Å². The van der Waals surface area contributed by atoms with Gasteiger partial charge in [-0.3, -0.25) is 14.2 Å². The van der Waals surface area contributed by atoms with Gasteiger partial charge in [0.15, 0.2) is 5.57 Å². The summed E-state index contributed by atoms with van der Waals surface area (Å²) in [6, 6.07) is 20.3. The Morgan fingerprint density at radius 1 is 1.19 bits per heavy atom. The Bertz CT molecular complexity index is 1540. The van der Waals surface area contributed by atoms with Gasteiger partial charge in [-0.15, -0.1) is 11.3 Å². The van der Waals surface area contributed by atoms with Crippen LogP contribution in [0.1, 0.15) is 18.1 Å². The van der Waals surface area contributed by atoms with Crippen molar-refractivity contribution in [2.45, 2.75) is 26.3 Å². The van der Waals surface area contributed by atoms with E-state index in [4.69, 9.17) is 5.26 Å². The summed E-state index contributed by atoms with van der Waals surface area (Å²) >= 11 is 1.07. The lowest BCUT2D eigenvalue weighted by molar-refractivity contribution is -0.115. The molecule has 3 aromatic rings. The van der Waals surface area contributed by atoms with E-state index in [0.717, 1.165) is 43.0 Å². The molecule has 0 radical (unpaired) electrons. The predicted octanol–water partition coefficient (Wildman–Crippen LogP) is 1.70. The van der Waals surface area contributed by atoms with Gasteiger partial charge in [-0.1, -0.05) is 30.3 Å². The number of carbonyl (C=O) groups excluding carboxylic acids is 1. The maximum Gasteiger partial charge on any atom is 0.270 e. The van der Waals surface area contributed by atoms with Crippen molar-refractivity contribution in [3.8, 4) is 12.1 Å². The Balaban J connectivity index is 1.53. The number of para-hydroxylation sites is 1. The highest BCUT2D eigenvalue weighted by atomic mass is 32.1. The van der Waals surface area contributed by atoms with Crippen LogP contribution in [-0.2, 0) is 24.2 Å². The Morgan fingerprint density at radius 2 is 2.03 bits per heavy atom.